The van der Waals surface area contributed by atoms with E-state index in [-0.39, 0.29) is 11.8 Å². The van der Waals surface area contributed by atoms with Crippen molar-refractivity contribution in [1.29, 1.82) is 0 Å². The van der Waals surface area contributed by atoms with Gasteiger partial charge in [-0.25, -0.2) is 0 Å². The van der Waals surface area contributed by atoms with Crippen LogP contribution in [0.2, 0.25) is 0 Å². The number of nitrogens with zero attached hydrogens (tertiary/aromatic N) is 2. The van der Waals surface area contributed by atoms with E-state index in [1.54, 1.807) is 13.0 Å². The number of rotatable bonds is 4. The Morgan fingerprint density at radius 3 is 2.83 bits per heavy atom. The maximum absolute atomic E-state index is 12.5. The number of hydrogen-bond acceptors (Lipinski definition) is 5. The zero-order valence-corrected chi connectivity index (χ0v) is 13.5. The smallest absolute Gasteiger partial charge is 0.255 e. The molecule has 2 aliphatic rings. The van der Waals surface area contributed by atoms with E-state index >= 15 is 0 Å². The average molecular weight is 320 g/mol. The summed E-state index contributed by atoms with van der Waals surface area (Å²) in [5.41, 5.74) is 0.435. The van der Waals surface area contributed by atoms with Crippen molar-refractivity contribution in [2.45, 2.75) is 25.4 Å². The molecule has 2 amide bonds. The second-order valence-electron chi connectivity index (χ2n) is 6.22. The molecule has 3 heterocycles. The number of hydrogen-bond donors (Lipinski definition) is 2. The summed E-state index contributed by atoms with van der Waals surface area (Å²) in [6.07, 6.45) is 3.83. The molecular formula is C16H24N4O3. The van der Waals surface area contributed by atoms with E-state index in [1.165, 1.54) is 12.5 Å². The molecule has 1 aromatic heterocycles. The van der Waals surface area contributed by atoms with Gasteiger partial charge < -0.3 is 20.0 Å². The fourth-order valence-electron chi connectivity index (χ4n) is 3.30. The van der Waals surface area contributed by atoms with E-state index in [1.807, 2.05) is 4.90 Å². The van der Waals surface area contributed by atoms with Crippen molar-refractivity contribution in [2.24, 2.45) is 0 Å². The van der Waals surface area contributed by atoms with Crippen molar-refractivity contribution in [2.75, 3.05) is 39.3 Å². The van der Waals surface area contributed by atoms with Crippen molar-refractivity contribution >= 4 is 11.8 Å². The molecule has 2 aliphatic heterocycles. The van der Waals surface area contributed by atoms with E-state index in [0.717, 1.165) is 45.7 Å². The third-order valence-electron chi connectivity index (χ3n) is 4.64. The highest BCUT2D eigenvalue weighted by molar-refractivity contribution is 5.97. The molecule has 2 N–H and O–H groups in total. The molecule has 7 nitrogen and oxygen atoms in total. The highest BCUT2D eigenvalue weighted by Crippen LogP contribution is 2.17. The molecule has 7 heteroatoms. The van der Waals surface area contributed by atoms with Crippen LogP contribution in [0.25, 0.3) is 0 Å². The quantitative estimate of drug-likeness (QED) is 0.810. The fraction of sp³-hybridized carbons (Fsp3) is 0.625. The van der Waals surface area contributed by atoms with Crippen molar-refractivity contribution < 1.29 is 14.0 Å². The molecule has 2 saturated heterocycles. The molecule has 126 valence electrons. The predicted molar refractivity (Wildman–Crippen MR) is 85.1 cm³/mol. The molecule has 2 fully saturated rings. The Morgan fingerprint density at radius 1 is 1.35 bits per heavy atom. The molecule has 0 aromatic carbocycles. The van der Waals surface area contributed by atoms with Gasteiger partial charge >= 0.3 is 0 Å². The van der Waals surface area contributed by atoms with E-state index < -0.39 is 6.04 Å². The van der Waals surface area contributed by atoms with Gasteiger partial charge in [0.1, 0.15) is 12.3 Å². The van der Waals surface area contributed by atoms with Gasteiger partial charge in [0.15, 0.2) is 0 Å². The third-order valence-corrected chi connectivity index (χ3v) is 4.64. The van der Waals surface area contributed by atoms with Gasteiger partial charge in [-0.2, -0.15) is 0 Å². The number of carbonyl (C=O) groups excluding carboxylic acids is 2. The van der Waals surface area contributed by atoms with E-state index in [9.17, 15) is 9.59 Å². The molecular weight excluding hydrogens is 296 g/mol. The largest absolute Gasteiger partial charge is 0.472 e. The lowest BCUT2D eigenvalue weighted by atomic mass is 10.2. The SMILES string of the molecule is CC(NC(=O)c1ccoc1)C(=O)N1CCC(N2CCNCC2)C1. The lowest BCUT2D eigenvalue weighted by Crippen LogP contribution is -2.50. The fourth-order valence-corrected chi connectivity index (χ4v) is 3.30. The standard InChI is InChI=1S/C16H24N4O3/c1-12(18-15(21)13-3-9-23-11-13)16(22)20-6-2-14(10-20)19-7-4-17-5-8-19/h3,9,11-12,14,17H,2,4-8,10H2,1H3,(H,18,21). The van der Waals surface area contributed by atoms with Crippen LogP contribution in [0.5, 0.6) is 0 Å². The minimum absolute atomic E-state index is 0.0144. The Kier molecular flexibility index (Phi) is 4.97. The van der Waals surface area contributed by atoms with Gasteiger partial charge in [0, 0.05) is 45.3 Å². The molecule has 0 saturated carbocycles. The lowest BCUT2D eigenvalue weighted by molar-refractivity contribution is -0.131. The molecule has 3 rings (SSSR count). The Labute approximate surface area is 136 Å². The van der Waals surface area contributed by atoms with Crippen LogP contribution in [-0.2, 0) is 4.79 Å². The summed E-state index contributed by atoms with van der Waals surface area (Å²) in [5.74, 6) is -0.295. The maximum atomic E-state index is 12.5. The normalized spacial score (nSPS) is 23.7. The second kappa shape index (κ2) is 7.14. The van der Waals surface area contributed by atoms with Crippen LogP contribution in [0.3, 0.4) is 0 Å². The van der Waals surface area contributed by atoms with Gasteiger partial charge in [0.25, 0.3) is 5.91 Å². The predicted octanol–water partition coefficient (Wildman–Crippen LogP) is -0.0960. The zero-order chi connectivity index (χ0) is 16.2. The van der Waals surface area contributed by atoms with Crippen LogP contribution in [-0.4, -0.2) is 73.0 Å². The van der Waals surface area contributed by atoms with Gasteiger partial charge in [-0.1, -0.05) is 0 Å². The lowest BCUT2D eigenvalue weighted by Gasteiger charge is -2.32. The minimum Gasteiger partial charge on any atom is -0.472 e. The van der Waals surface area contributed by atoms with Gasteiger partial charge in [-0.15, -0.1) is 0 Å². The first kappa shape index (κ1) is 16.0. The average Bonchev–Trinajstić information content (AvgIpc) is 3.26. The Balaban J connectivity index is 1.50. The molecule has 0 aliphatic carbocycles. The molecule has 23 heavy (non-hydrogen) atoms. The summed E-state index contributed by atoms with van der Waals surface area (Å²) < 4.78 is 4.89. The summed E-state index contributed by atoms with van der Waals surface area (Å²) in [5, 5.41) is 6.09. The Morgan fingerprint density at radius 2 is 2.13 bits per heavy atom. The first-order valence-corrected chi connectivity index (χ1v) is 8.22. The van der Waals surface area contributed by atoms with Crippen LogP contribution in [0.15, 0.2) is 23.0 Å². The number of amides is 2. The van der Waals surface area contributed by atoms with E-state index in [0.29, 0.717) is 11.6 Å². The number of piperazine rings is 1. The highest BCUT2D eigenvalue weighted by Gasteiger charge is 2.33. The first-order valence-electron chi connectivity index (χ1n) is 8.22. The summed E-state index contributed by atoms with van der Waals surface area (Å²) in [7, 11) is 0. The summed E-state index contributed by atoms with van der Waals surface area (Å²) >= 11 is 0. The second-order valence-corrected chi connectivity index (χ2v) is 6.22. The van der Waals surface area contributed by atoms with Crippen LogP contribution in [0, 0.1) is 0 Å². The third kappa shape index (κ3) is 3.73. The molecule has 0 spiro atoms. The van der Waals surface area contributed by atoms with Gasteiger partial charge in [-0.3, -0.25) is 14.5 Å². The zero-order valence-electron chi connectivity index (χ0n) is 13.5. The van der Waals surface area contributed by atoms with E-state index in [4.69, 9.17) is 4.42 Å². The summed E-state index contributed by atoms with van der Waals surface area (Å²) in [6.45, 7) is 7.37. The topological polar surface area (TPSA) is 77.8 Å². The molecule has 0 radical (unpaired) electrons. The minimum atomic E-state index is -0.529. The molecule has 2 unspecified atom stereocenters. The van der Waals surface area contributed by atoms with Gasteiger partial charge in [0.2, 0.25) is 5.91 Å². The summed E-state index contributed by atoms with van der Waals surface area (Å²) in [4.78, 5) is 28.9. The van der Waals surface area contributed by atoms with Crippen molar-refractivity contribution in [3.63, 3.8) is 0 Å². The number of likely N-dealkylation sites (tertiary alicyclic amines) is 1. The van der Waals surface area contributed by atoms with Crippen molar-refractivity contribution in [1.82, 2.24) is 20.4 Å². The molecule has 1 aromatic rings. The number of nitrogens with one attached hydrogen (secondary N) is 2. The number of furan rings is 1. The maximum Gasteiger partial charge on any atom is 0.255 e. The van der Waals surface area contributed by atoms with E-state index in [2.05, 4.69) is 15.5 Å². The van der Waals surface area contributed by atoms with Crippen LogP contribution in [0.4, 0.5) is 0 Å². The monoisotopic (exact) mass is 320 g/mol. The molecule has 0 bridgehead atoms. The van der Waals surface area contributed by atoms with Gasteiger partial charge in [0.05, 0.1) is 11.8 Å². The van der Waals surface area contributed by atoms with Crippen LogP contribution < -0.4 is 10.6 Å². The van der Waals surface area contributed by atoms with Gasteiger partial charge in [-0.05, 0) is 19.4 Å². The first-order chi connectivity index (χ1) is 11.1. The highest BCUT2D eigenvalue weighted by atomic mass is 16.3. The molecule has 2 atom stereocenters. The van der Waals surface area contributed by atoms with Crippen molar-refractivity contribution in [3.05, 3.63) is 24.2 Å². The Hall–Kier alpha value is -1.86. The van der Waals surface area contributed by atoms with Crippen molar-refractivity contribution in [3.8, 4) is 0 Å². The Bertz CT molecular complexity index is 540. The van der Waals surface area contributed by atoms with Crippen LogP contribution in [0.1, 0.15) is 23.7 Å². The van der Waals surface area contributed by atoms with Crippen LogP contribution >= 0.6 is 0 Å². The number of carbonyl (C=O) groups is 2. The summed E-state index contributed by atoms with van der Waals surface area (Å²) in [6, 6.07) is 1.50.